The Morgan fingerprint density at radius 3 is 2.70 bits per heavy atom. The number of nitrogens with one attached hydrogen (secondary N) is 2. The van der Waals surface area contributed by atoms with Crippen molar-refractivity contribution in [3.05, 3.63) is 29.6 Å². The zero-order valence-corrected chi connectivity index (χ0v) is 12.0. The van der Waals surface area contributed by atoms with E-state index < -0.39 is 5.82 Å². The molecule has 110 valence electrons. The minimum absolute atomic E-state index is 0.106. The van der Waals surface area contributed by atoms with Crippen molar-refractivity contribution in [1.29, 1.82) is 0 Å². The summed E-state index contributed by atoms with van der Waals surface area (Å²) in [5, 5.41) is 5.22. The van der Waals surface area contributed by atoms with Gasteiger partial charge in [0.2, 0.25) is 5.91 Å². The van der Waals surface area contributed by atoms with Crippen LogP contribution in [0.5, 0.6) is 0 Å². The highest BCUT2D eigenvalue weighted by Crippen LogP contribution is 2.13. The normalized spacial score (nSPS) is 10.2. The molecule has 5 nitrogen and oxygen atoms in total. The number of amides is 2. The van der Waals surface area contributed by atoms with Crippen LogP contribution < -0.4 is 10.6 Å². The number of ether oxygens (including phenoxy) is 1. The van der Waals surface area contributed by atoms with E-state index in [1.807, 2.05) is 0 Å². The summed E-state index contributed by atoms with van der Waals surface area (Å²) in [5.74, 6) is -1.02. The maximum atomic E-state index is 13.0. The molecule has 20 heavy (non-hydrogen) atoms. The molecule has 2 N–H and O–H groups in total. The first-order chi connectivity index (χ1) is 9.54. The highest BCUT2D eigenvalue weighted by Gasteiger charge is 2.08. The van der Waals surface area contributed by atoms with E-state index >= 15 is 0 Å². The molecule has 2 amide bonds. The summed E-state index contributed by atoms with van der Waals surface area (Å²) >= 11 is 3.90. The van der Waals surface area contributed by atoms with Gasteiger partial charge < -0.3 is 15.4 Å². The number of hydrogen-bond acceptors (Lipinski definition) is 4. The van der Waals surface area contributed by atoms with Crippen molar-refractivity contribution < 1.29 is 18.7 Å². The molecule has 0 unspecified atom stereocenters. The van der Waals surface area contributed by atoms with Gasteiger partial charge in [0.25, 0.3) is 5.91 Å². The molecule has 1 aromatic carbocycles. The van der Waals surface area contributed by atoms with Gasteiger partial charge in [0.15, 0.2) is 0 Å². The van der Waals surface area contributed by atoms with Crippen LogP contribution in [0.15, 0.2) is 23.1 Å². The van der Waals surface area contributed by atoms with E-state index in [-0.39, 0.29) is 29.7 Å². The van der Waals surface area contributed by atoms with Crippen LogP contribution in [0.4, 0.5) is 4.39 Å². The minimum atomic E-state index is -0.484. The molecule has 0 saturated carbocycles. The Kier molecular flexibility index (Phi) is 7.03. The van der Waals surface area contributed by atoms with Gasteiger partial charge in [-0.15, -0.1) is 12.6 Å². The first-order valence-corrected chi connectivity index (χ1v) is 6.51. The molecule has 1 rings (SSSR count). The van der Waals surface area contributed by atoms with Gasteiger partial charge in [-0.25, -0.2) is 4.39 Å². The van der Waals surface area contributed by atoms with E-state index in [9.17, 15) is 14.0 Å². The van der Waals surface area contributed by atoms with Crippen molar-refractivity contribution in [1.82, 2.24) is 10.6 Å². The van der Waals surface area contributed by atoms with Crippen LogP contribution in [-0.2, 0) is 9.53 Å². The number of hydrogen-bond donors (Lipinski definition) is 3. The van der Waals surface area contributed by atoms with Gasteiger partial charge in [0, 0.05) is 37.1 Å². The average molecular weight is 300 g/mol. The topological polar surface area (TPSA) is 67.4 Å². The predicted octanol–water partition coefficient (Wildman–Crippen LogP) is 0.997. The highest BCUT2D eigenvalue weighted by atomic mass is 32.1. The van der Waals surface area contributed by atoms with Crippen molar-refractivity contribution in [2.75, 3.05) is 26.8 Å². The van der Waals surface area contributed by atoms with Crippen LogP contribution in [0.25, 0.3) is 0 Å². The van der Waals surface area contributed by atoms with Crippen molar-refractivity contribution in [2.24, 2.45) is 0 Å². The van der Waals surface area contributed by atoms with E-state index in [0.29, 0.717) is 18.7 Å². The summed E-state index contributed by atoms with van der Waals surface area (Å²) in [5.41, 5.74) is 0.302. The Hall–Kier alpha value is -1.60. The Morgan fingerprint density at radius 2 is 2.05 bits per heavy atom. The van der Waals surface area contributed by atoms with Gasteiger partial charge in [0.1, 0.15) is 5.82 Å². The third-order valence-corrected chi connectivity index (χ3v) is 2.82. The van der Waals surface area contributed by atoms with Crippen molar-refractivity contribution in [2.45, 2.75) is 11.3 Å². The van der Waals surface area contributed by atoms with E-state index in [4.69, 9.17) is 4.74 Å². The van der Waals surface area contributed by atoms with Crippen molar-refractivity contribution in [3.63, 3.8) is 0 Å². The Morgan fingerprint density at radius 1 is 1.30 bits per heavy atom. The number of methoxy groups -OCH3 is 1. The second-order valence-corrected chi connectivity index (χ2v) is 4.50. The largest absolute Gasteiger partial charge is 0.383 e. The van der Waals surface area contributed by atoms with Gasteiger partial charge in [-0.1, -0.05) is 0 Å². The molecule has 0 spiro atoms. The number of benzene rings is 1. The maximum Gasteiger partial charge on any atom is 0.251 e. The Balaban J connectivity index is 2.32. The third kappa shape index (κ3) is 5.58. The van der Waals surface area contributed by atoms with Gasteiger partial charge in [-0.2, -0.15) is 0 Å². The molecule has 0 fully saturated rings. The fourth-order valence-corrected chi connectivity index (χ4v) is 1.64. The second kappa shape index (κ2) is 8.55. The van der Waals surface area contributed by atoms with E-state index in [1.54, 1.807) is 7.11 Å². The molecule has 0 saturated heterocycles. The minimum Gasteiger partial charge on any atom is -0.383 e. The third-order valence-electron chi connectivity index (χ3n) is 2.47. The molecular weight excluding hydrogens is 283 g/mol. The lowest BCUT2D eigenvalue weighted by Gasteiger charge is -2.07. The monoisotopic (exact) mass is 300 g/mol. The summed E-state index contributed by atoms with van der Waals surface area (Å²) in [6.07, 6.45) is 0.171. The number of thiol groups is 1. The zero-order chi connectivity index (χ0) is 15.0. The zero-order valence-electron chi connectivity index (χ0n) is 11.1. The van der Waals surface area contributed by atoms with Crippen LogP contribution in [0.3, 0.4) is 0 Å². The van der Waals surface area contributed by atoms with Crippen LogP contribution in [0.2, 0.25) is 0 Å². The Labute approximate surface area is 122 Å². The lowest BCUT2D eigenvalue weighted by Crippen LogP contribution is -2.32. The summed E-state index contributed by atoms with van der Waals surface area (Å²) in [4.78, 5) is 23.2. The smallest absolute Gasteiger partial charge is 0.251 e. The molecule has 1 aromatic rings. The first kappa shape index (κ1) is 16.5. The molecular formula is C13H17FN2O3S. The van der Waals surface area contributed by atoms with Gasteiger partial charge in [-0.05, 0) is 18.2 Å². The van der Waals surface area contributed by atoms with Gasteiger partial charge in [-0.3, -0.25) is 9.59 Å². The fraction of sp³-hybridized carbons (Fsp3) is 0.385. The lowest BCUT2D eigenvalue weighted by atomic mass is 10.2. The van der Waals surface area contributed by atoms with E-state index in [0.717, 1.165) is 0 Å². The molecule has 0 aliphatic rings. The highest BCUT2D eigenvalue weighted by molar-refractivity contribution is 7.80. The number of carbonyl (C=O) groups is 2. The summed E-state index contributed by atoms with van der Waals surface area (Å²) in [7, 11) is 1.55. The average Bonchev–Trinajstić information content (AvgIpc) is 2.42. The SMILES string of the molecule is COCCNC(=O)CCNC(=O)c1ccc(F)c(S)c1. The van der Waals surface area contributed by atoms with Crippen LogP contribution >= 0.6 is 12.6 Å². The predicted molar refractivity (Wildman–Crippen MR) is 75.5 cm³/mol. The number of carbonyl (C=O) groups excluding carboxylic acids is 2. The maximum absolute atomic E-state index is 13.0. The summed E-state index contributed by atoms with van der Waals surface area (Å²) < 4.78 is 17.8. The molecule has 0 aromatic heterocycles. The molecule has 0 heterocycles. The fourth-order valence-electron chi connectivity index (χ4n) is 1.43. The summed E-state index contributed by atoms with van der Waals surface area (Å²) in [6, 6.07) is 3.88. The molecule has 0 aliphatic heterocycles. The van der Waals surface area contributed by atoms with Crippen LogP contribution in [0, 0.1) is 5.82 Å². The van der Waals surface area contributed by atoms with E-state index in [1.165, 1.54) is 18.2 Å². The molecule has 0 radical (unpaired) electrons. The molecule has 0 atom stereocenters. The van der Waals surface area contributed by atoms with Crippen LogP contribution in [-0.4, -0.2) is 38.6 Å². The summed E-state index contributed by atoms with van der Waals surface area (Å²) in [6.45, 7) is 1.08. The second-order valence-electron chi connectivity index (χ2n) is 4.01. The lowest BCUT2D eigenvalue weighted by molar-refractivity contribution is -0.121. The van der Waals surface area contributed by atoms with Crippen molar-refractivity contribution in [3.8, 4) is 0 Å². The standard InChI is InChI=1S/C13H17FN2O3S/c1-19-7-6-15-12(17)4-5-16-13(18)9-2-3-10(14)11(20)8-9/h2-3,8,20H,4-7H2,1H3,(H,15,17)(H,16,18). The molecule has 0 bridgehead atoms. The van der Waals surface area contributed by atoms with Gasteiger partial charge in [0.05, 0.1) is 6.61 Å². The molecule has 7 heteroatoms. The van der Waals surface area contributed by atoms with Crippen molar-refractivity contribution >= 4 is 24.4 Å². The first-order valence-electron chi connectivity index (χ1n) is 6.07. The number of rotatable bonds is 7. The van der Waals surface area contributed by atoms with E-state index in [2.05, 4.69) is 23.3 Å². The Bertz CT molecular complexity index is 483. The number of halogens is 1. The van der Waals surface area contributed by atoms with Gasteiger partial charge >= 0.3 is 0 Å². The molecule has 0 aliphatic carbocycles. The van der Waals surface area contributed by atoms with Crippen LogP contribution in [0.1, 0.15) is 16.8 Å². The quantitative estimate of drug-likeness (QED) is 0.520.